The van der Waals surface area contributed by atoms with Gasteiger partial charge >= 0.3 is 5.69 Å². The molecule has 0 spiro atoms. The van der Waals surface area contributed by atoms with Gasteiger partial charge in [0.2, 0.25) is 11.8 Å². The summed E-state index contributed by atoms with van der Waals surface area (Å²) in [5.41, 5.74) is 9.04. The highest BCUT2D eigenvalue weighted by Gasteiger charge is 2.34. The summed E-state index contributed by atoms with van der Waals surface area (Å²) in [5.74, 6) is -0.675. The quantitative estimate of drug-likeness (QED) is 0.0766. The number of para-hydroxylation sites is 2. The van der Waals surface area contributed by atoms with E-state index in [9.17, 15) is 19.5 Å². The Bertz CT molecular complexity index is 2100. The van der Waals surface area contributed by atoms with Gasteiger partial charge in [-0.05, 0) is 71.3 Å². The first-order valence-electron chi connectivity index (χ1n) is 18.7. The minimum absolute atomic E-state index is 0.0212. The number of rotatable bonds is 13. The average molecular weight is 734 g/mol. The number of benzene rings is 4. The second-order valence-corrected chi connectivity index (χ2v) is 14.2. The van der Waals surface area contributed by atoms with Gasteiger partial charge in [0.05, 0.1) is 29.8 Å². The van der Waals surface area contributed by atoms with Crippen molar-refractivity contribution in [3.63, 3.8) is 0 Å². The monoisotopic (exact) mass is 733 g/mol. The summed E-state index contributed by atoms with van der Waals surface area (Å²) < 4.78 is 15.3. The first kappa shape index (κ1) is 37.2. The molecular formula is C42H47N5O7. The van der Waals surface area contributed by atoms with Gasteiger partial charge in [0.25, 0.3) is 0 Å². The summed E-state index contributed by atoms with van der Waals surface area (Å²) in [6.07, 6.45) is 2.11. The van der Waals surface area contributed by atoms with Gasteiger partial charge in [-0.1, -0.05) is 72.8 Å². The van der Waals surface area contributed by atoms with Gasteiger partial charge in [0, 0.05) is 57.0 Å². The minimum atomic E-state index is -0.607. The molecule has 0 bridgehead atoms. The van der Waals surface area contributed by atoms with Crippen LogP contribution < -0.4 is 16.5 Å². The molecule has 5 N–H and O–H groups in total. The first-order valence-corrected chi connectivity index (χ1v) is 18.7. The van der Waals surface area contributed by atoms with Crippen LogP contribution >= 0.6 is 0 Å². The third-order valence-electron chi connectivity index (χ3n) is 10.5. The van der Waals surface area contributed by atoms with Crippen LogP contribution in [0.4, 0.5) is 0 Å². The summed E-state index contributed by atoms with van der Waals surface area (Å²) >= 11 is 0. The Hall–Kier alpha value is -5.11. The predicted octanol–water partition coefficient (Wildman–Crippen LogP) is 5.66. The van der Waals surface area contributed by atoms with E-state index in [0.717, 1.165) is 76.9 Å². The van der Waals surface area contributed by atoms with Crippen molar-refractivity contribution in [1.29, 1.82) is 0 Å². The molecule has 12 heteroatoms. The molecule has 282 valence electrons. The molecule has 2 amide bonds. The van der Waals surface area contributed by atoms with E-state index in [2.05, 4.69) is 21.3 Å². The van der Waals surface area contributed by atoms with E-state index in [1.165, 1.54) is 0 Å². The number of aromatic amines is 1. The molecule has 2 aliphatic rings. The van der Waals surface area contributed by atoms with Gasteiger partial charge in [-0.25, -0.2) is 10.3 Å². The zero-order valence-electron chi connectivity index (χ0n) is 30.2. The number of hydrogen-bond donors (Lipinski definition) is 5. The van der Waals surface area contributed by atoms with E-state index in [1.807, 2.05) is 95.6 Å². The van der Waals surface area contributed by atoms with Crippen LogP contribution in [0.3, 0.4) is 0 Å². The molecule has 2 saturated heterocycles. The lowest BCUT2D eigenvalue weighted by molar-refractivity contribution is -0.253. The standard InChI is InChI=1S/C42H47N5O7/c48-27-28-14-16-30(17-15-28)38-24-35(26-46-20-18-34(19-21-46)47-37-11-2-1-10-36(37)44-42(47)51)53-41(54-38)33-9-4-8-32(23-33)31-7-3-6-29(22-31)25-43-39(49)12-5-13-40(50)45-52/h1-4,6-11,14-17,22-23,34-35,38,41,48,52H,5,12-13,18-21,24-27H2,(H,43,49)(H,44,51)(H,45,50)/t35-,38+,41+/m0/s1. The van der Waals surface area contributed by atoms with Crippen LogP contribution in [0.2, 0.25) is 0 Å². The number of amides is 2. The normalized spacial score (nSPS) is 19.5. The smallest absolute Gasteiger partial charge is 0.326 e. The number of nitrogens with one attached hydrogen (secondary N) is 3. The highest BCUT2D eigenvalue weighted by molar-refractivity contribution is 5.78. The first-order chi connectivity index (χ1) is 26.4. The molecule has 3 atom stereocenters. The molecule has 3 heterocycles. The predicted molar refractivity (Wildman–Crippen MR) is 203 cm³/mol. The summed E-state index contributed by atoms with van der Waals surface area (Å²) in [6, 6.07) is 32.0. The number of imidazole rings is 1. The van der Waals surface area contributed by atoms with Crippen LogP contribution in [0.15, 0.2) is 102 Å². The lowest BCUT2D eigenvalue weighted by Crippen LogP contribution is -2.43. The SMILES string of the molecule is O=C(CCCC(=O)NCc1cccc(-c2cccc([C@@H]3O[C@H](CN4CCC(n5c(=O)[nH]c6ccccc65)CC4)C[C@H](c4ccc(CO)cc4)O3)c2)c1)NO. The van der Waals surface area contributed by atoms with Gasteiger partial charge in [-0.15, -0.1) is 0 Å². The molecule has 1 aromatic heterocycles. The number of H-pyrrole nitrogens is 1. The Balaban J connectivity index is 1.03. The van der Waals surface area contributed by atoms with Gasteiger partial charge in [0.15, 0.2) is 6.29 Å². The number of piperidine rings is 1. The largest absolute Gasteiger partial charge is 0.392 e. The molecule has 0 aliphatic carbocycles. The Morgan fingerprint density at radius 2 is 1.56 bits per heavy atom. The number of aliphatic hydroxyl groups is 1. The van der Waals surface area contributed by atoms with E-state index in [-0.39, 0.29) is 49.3 Å². The van der Waals surface area contributed by atoms with Crippen LogP contribution in [0.1, 0.15) is 79.2 Å². The third kappa shape index (κ3) is 8.98. The molecule has 0 saturated carbocycles. The highest BCUT2D eigenvalue weighted by Crippen LogP contribution is 2.39. The molecule has 2 aliphatic heterocycles. The van der Waals surface area contributed by atoms with Crippen molar-refractivity contribution < 1.29 is 29.4 Å². The van der Waals surface area contributed by atoms with Crippen LogP contribution in [-0.4, -0.2) is 62.3 Å². The van der Waals surface area contributed by atoms with Gasteiger partial charge in [0.1, 0.15) is 0 Å². The van der Waals surface area contributed by atoms with Crippen molar-refractivity contribution >= 4 is 22.8 Å². The van der Waals surface area contributed by atoms with Gasteiger partial charge in [-0.3, -0.25) is 19.4 Å². The van der Waals surface area contributed by atoms with Crippen molar-refractivity contribution in [3.05, 3.63) is 130 Å². The third-order valence-corrected chi connectivity index (χ3v) is 10.5. The van der Waals surface area contributed by atoms with E-state index in [0.29, 0.717) is 19.4 Å². The number of likely N-dealkylation sites (tertiary alicyclic amines) is 1. The fraction of sp³-hybridized carbons (Fsp3) is 0.357. The zero-order chi connectivity index (χ0) is 37.4. The number of ether oxygens (including phenoxy) is 2. The van der Waals surface area contributed by atoms with Crippen LogP contribution in [0.25, 0.3) is 22.2 Å². The molecule has 7 rings (SSSR count). The maximum atomic E-state index is 12.9. The molecular weight excluding hydrogens is 686 g/mol. The Labute approximate surface area is 313 Å². The summed E-state index contributed by atoms with van der Waals surface area (Å²) in [5, 5.41) is 21.2. The van der Waals surface area contributed by atoms with Crippen LogP contribution in [0.5, 0.6) is 0 Å². The summed E-state index contributed by atoms with van der Waals surface area (Å²) in [7, 11) is 0. The number of fused-ring (bicyclic) bond motifs is 1. The molecule has 2 fully saturated rings. The molecule has 0 radical (unpaired) electrons. The van der Waals surface area contributed by atoms with E-state index in [1.54, 1.807) is 5.48 Å². The number of hydroxylamine groups is 1. The average Bonchev–Trinajstić information content (AvgIpc) is 3.55. The van der Waals surface area contributed by atoms with E-state index >= 15 is 0 Å². The Morgan fingerprint density at radius 1 is 0.815 bits per heavy atom. The molecule has 0 unspecified atom stereocenters. The van der Waals surface area contributed by atoms with Gasteiger partial charge in [-0.2, -0.15) is 0 Å². The Morgan fingerprint density at radius 3 is 2.33 bits per heavy atom. The van der Waals surface area contributed by atoms with Crippen molar-refractivity contribution in [2.45, 2.75) is 76.2 Å². The maximum absolute atomic E-state index is 12.9. The van der Waals surface area contributed by atoms with Crippen molar-refractivity contribution in [1.82, 2.24) is 25.2 Å². The second-order valence-electron chi connectivity index (χ2n) is 14.2. The number of aromatic nitrogens is 2. The fourth-order valence-corrected chi connectivity index (χ4v) is 7.60. The van der Waals surface area contributed by atoms with Crippen molar-refractivity contribution in [3.8, 4) is 11.1 Å². The molecule has 4 aromatic carbocycles. The lowest BCUT2D eigenvalue weighted by atomic mass is 9.97. The minimum Gasteiger partial charge on any atom is -0.392 e. The van der Waals surface area contributed by atoms with Crippen molar-refractivity contribution in [2.24, 2.45) is 0 Å². The second kappa shape index (κ2) is 17.4. The zero-order valence-corrected chi connectivity index (χ0v) is 30.2. The number of aliphatic hydroxyl groups excluding tert-OH is 1. The summed E-state index contributed by atoms with van der Waals surface area (Å²) in [6.45, 7) is 2.77. The topological polar surface area (TPSA) is 158 Å². The number of carbonyl (C=O) groups excluding carboxylic acids is 2. The number of hydrogen-bond acceptors (Lipinski definition) is 8. The molecule has 54 heavy (non-hydrogen) atoms. The number of carbonyl (C=O) groups is 2. The number of nitrogens with zero attached hydrogens (tertiary/aromatic N) is 2. The highest BCUT2D eigenvalue weighted by atomic mass is 16.7. The molecule has 12 nitrogen and oxygen atoms in total. The van der Waals surface area contributed by atoms with Gasteiger partial charge < -0.3 is 29.8 Å². The molecule has 5 aromatic rings. The van der Waals surface area contributed by atoms with E-state index in [4.69, 9.17) is 14.7 Å². The van der Waals surface area contributed by atoms with Crippen LogP contribution in [-0.2, 0) is 32.2 Å². The lowest BCUT2D eigenvalue weighted by Gasteiger charge is -2.40. The fourth-order valence-electron chi connectivity index (χ4n) is 7.60. The van der Waals surface area contributed by atoms with Crippen LogP contribution in [0, 0.1) is 0 Å². The Kier molecular flexibility index (Phi) is 12.0. The van der Waals surface area contributed by atoms with Crippen molar-refractivity contribution in [2.75, 3.05) is 19.6 Å². The maximum Gasteiger partial charge on any atom is 0.326 e. The van der Waals surface area contributed by atoms with E-state index < -0.39 is 12.2 Å². The summed E-state index contributed by atoms with van der Waals surface area (Å²) in [4.78, 5) is 41.9.